The first-order chi connectivity index (χ1) is 12.5. The first-order valence-corrected chi connectivity index (χ1v) is 9.94. The van der Waals surface area contributed by atoms with Crippen molar-refractivity contribution < 1.29 is 5.11 Å². The van der Waals surface area contributed by atoms with E-state index in [1.807, 2.05) is 12.1 Å². The molecule has 0 aliphatic carbocycles. The van der Waals surface area contributed by atoms with Gasteiger partial charge in [-0.1, -0.05) is 52.3 Å². The zero-order valence-electron chi connectivity index (χ0n) is 14.3. The quantitative estimate of drug-likeness (QED) is 0.387. The number of phenols is 1. The van der Waals surface area contributed by atoms with Crippen molar-refractivity contribution in [3.63, 3.8) is 0 Å². The fourth-order valence-corrected chi connectivity index (χ4v) is 4.79. The Bertz CT molecular complexity index is 1050. The molecule has 26 heavy (non-hydrogen) atoms. The maximum atomic E-state index is 10.3. The molecular weight excluding hydrogens is 456 g/mol. The summed E-state index contributed by atoms with van der Waals surface area (Å²) in [5, 5.41) is 12.9. The van der Waals surface area contributed by atoms with E-state index in [0.29, 0.717) is 16.8 Å². The van der Waals surface area contributed by atoms with Crippen LogP contribution >= 0.6 is 31.9 Å². The van der Waals surface area contributed by atoms with Crippen LogP contribution in [-0.4, -0.2) is 21.6 Å². The average molecular weight is 474 g/mol. The summed E-state index contributed by atoms with van der Waals surface area (Å²) in [6, 6.07) is 20.8. The first-order valence-electron chi connectivity index (χ1n) is 8.36. The second-order valence-electron chi connectivity index (χ2n) is 6.51. The zero-order chi connectivity index (χ0) is 18.3. The van der Waals surface area contributed by atoms with Gasteiger partial charge in [0, 0.05) is 27.4 Å². The van der Waals surface area contributed by atoms with Crippen LogP contribution in [0.5, 0.6) is 5.75 Å². The van der Waals surface area contributed by atoms with Gasteiger partial charge >= 0.3 is 0 Å². The maximum Gasteiger partial charge on any atom is 0.134 e. The van der Waals surface area contributed by atoms with Gasteiger partial charge in [0.2, 0.25) is 0 Å². The highest BCUT2D eigenvalue weighted by Crippen LogP contribution is 2.33. The number of halogens is 2. The predicted octanol–water partition coefficient (Wildman–Crippen LogP) is 6.11. The highest BCUT2D eigenvalue weighted by atomic mass is 79.9. The molecule has 0 saturated carbocycles. The molecule has 1 aromatic heterocycles. The van der Waals surface area contributed by atoms with E-state index in [9.17, 15) is 5.11 Å². The van der Waals surface area contributed by atoms with Gasteiger partial charge in [0.25, 0.3) is 0 Å². The number of hydrogen-bond acceptors (Lipinski definition) is 2. The Morgan fingerprint density at radius 1 is 0.923 bits per heavy atom. The SMILES string of the molecule is CN(Cc1cc(Br)cc(Br)c1O)Cn1c2ccccc2c2ccccc21. The number of fused-ring (bicyclic) bond motifs is 3. The predicted molar refractivity (Wildman–Crippen MR) is 114 cm³/mol. The standard InChI is InChI=1S/C21H18Br2N2O/c1-24(12-14-10-15(22)11-18(23)21(14)26)13-25-19-8-4-2-6-16(19)17-7-3-5-9-20(17)25/h2-11,26H,12-13H2,1H3. The monoisotopic (exact) mass is 472 g/mol. The minimum absolute atomic E-state index is 0.294. The first kappa shape index (κ1) is 17.6. The summed E-state index contributed by atoms with van der Waals surface area (Å²) < 4.78 is 3.98. The lowest BCUT2D eigenvalue weighted by atomic mass is 10.2. The molecule has 132 valence electrons. The van der Waals surface area contributed by atoms with Crippen LogP contribution in [0, 0.1) is 0 Å². The summed E-state index contributed by atoms with van der Waals surface area (Å²) >= 11 is 6.91. The number of aromatic nitrogens is 1. The van der Waals surface area contributed by atoms with Crippen LogP contribution in [-0.2, 0) is 13.2 Å². The molecule has 0 fully saturated rings. The van der Waals surface area contributed by atoms with Crippen molar-refractivity contribution in [3.8, 4) is 5.75 Å². The number of rotatable bonds is 4. The molecule has 0 aliphatic heterocycles. The summed E-state index contributed by atoms with van der Waals surface area (Å²) in [5.74, 6) is 0.294. The summed E-state index contributed by atoms with van der Waals surface area (Å²) in [6.45, 7) is 1.38. The summed E-state index contributed by atoms with van der Waals surface area (Å²) in [5.41, 5.74) is 3.33. The molecule has 0 spiro atoms. The van der Waals surface area contributed by atoms with Gasteiger partial charge in [-0.2, -0.15) is 0 Å². The molecule has 3 nitrogen and oxygen atoms in total. The van der Waals surface area contributed by atoms with E-state index in [1.165, 1.54) is 21.8 Å². The van der Waals surface area contributed by atoms with Crippen LogP contribution < -0.4 is 0 Å². The second kappa shape index (κ2) is 7.06. The Hall–Kier alpha value is -1.82. The number of hydrogen-bond donors (Lipinski definition) is 1. The van der Waals surface area contributed by atoms with Gasteiger partial charge in [-0.15, -0.1) is 0 Å². The van der Waals surface area contributed by atoms with E-state index in [2.05, 4.69) is 96.9 Å². The fourth-order valence-electron chi connectivity index (χ4n) is 3.48. The highest BCUT2D eigenvalue weighted by Gasteiger charge is 2.13. The molecule has 0 unspecified atom stereocenters. The molecule has 5 heteroatoms. The van der Waals surface area contributed by atoms with Crippen molar-refractivity contribution in [3.05, 3.63) is 75.2 Å². The minimum atomic E-state index is 0.294. The number of nitrogens with zero attached hydrogens (tertiary/aromatic N) is 2. The molecule has 0 amide bonds. The lowest BCUT2D eigenvalue weighted by Crippen LogP contribution is -2.21. The maximum absolute atomic E-state index is 10.3. The van der Waals surface area contributed by atoms with Crippen LogP contribution in [0.25, 0.3) is 21.8 Å². The van der Waals surface area contributed by atoms with Crippen molar-refractivity contribution >= 4 is 53.7 Å². The van der Waals surface area contributed by atoms with E-state index in [4.69, 9.17) is 0 Å². The Kier molecular flexibility index (Phi) is 4.78. The number of benzene rings is 3. The third kappa shape index (κ3) is 3.15. The van der Waals surface area contributed by atoms with Crippen LogP contribution in [0.3, 0.4) is 0 Å². The van der Waals surface area contributed by atoms with Crippen LogP contribution in [0.4, 0.5) is 0 Å². The van der Waals surface area contributed by atoms with Gasteiger partial charge < -0.3 is 9.67 Å². The average Bonchev–Trinajstić information content (AvgIpc) is 2.94. The Morgan fingerprint density at radius 2 is 1.50 bits per heavy atom. The molecule has 4 rings (SSSR count). The number of phenolic OH excluding ortho intramolecular Hbond substituents is 1. The topological polar surface area (TPSA) is 28.4 Å². The van der Waals surface area contributed by atoms with Gasteiger partial charge in [-0.25, -0.2) is 0 Å². The van der Waals surface area contributed by atoms with E-state index < -0.39 is 0 Å². The molecule has 0 bridgehead atoms. The van der Waals surface area contributed by atoms with E-state index in [0.717, 1.165) is 16.7 Å². The molecule has 0 saturated heterocycles. The Labute approximate surface area is 169 Å². The lowest BCUT2D eigenvalue weighted by Gasteiger charge is -2.20. The third-order valence-corrected chi connectivity index (χ3v) is 5.67. The molecule has 0 atom stereocenters. The van der Waals surface area contributed by atoms with Crippen molar-refractivity contribution in [2.45, 2.75) is 13.2 Å². The minimum Gasteiger partial charge on any atom is -0.506 e. The summed E-state index contributed by atoms with van der Waals surface area (Å²) in [7, 11) is 2.07. The van der Waals surface area contributed by atoms with Gasteiger partial charge in [0.15, 0.2) is 0 Å². The van der Waals surface area contributed by atoms with Crippen molar-refractivity contribution in [1.29, 1.82) is 0 Å². The summed E-state index contributed by atoms with van der Waals surface area (Å²) in [4.78, 5) is 2.20. The Morgan fingerprint density at radius 3 is 2.12 bits per heavy atom. The third-order valence-electron chi connectivity index (χ3n) is 4.61. The fraction of sp³-hybridized carbons (Fsp3) is 0.143. The smallest absolute Gasteiger partial charge is 0.134 e. The normalized spacial score (nSPS) is 11.7. The molecule has 0 aliphatic rings. The van der Waals surface area contributed by atoms with E-state index in [1.54, 1.807) is 0 Å². The largest absolute Gasteiger partial charge is 0.506 e. The van der Waals surface area contributed by atoms with Crippen molar-refractivity contribution in [2.75, 3.05) is 7.05 Å². The van der Waals surface area contributed by atoms with Gasteiger partial charge in [0.1, 0.15) is 5.75 Å². The number of para-hydroxylation sites is 2. The van der Waals surface area contributed by atoms with Gasteiger partial charge in [0.05, 0.1) is 22.2 Å². The van der Waals surface area contributed by atoms with Crippen LogP contribution in [0.15, 0.2) is 69.6 Å². The molecular formula is C21H18Br2N2O. The van der Waals surface area contributed by atoms with Crippen molar-refractivity contribution in [1.82, 2.24) is 9.47 Å². The molecule has 1 heterocycles. The van der Waals surface area contributed by atoms with E-state index >= 15 is 0 Å². The lowest BCUT2D eigenvalue weighted by molar-refractivity contribution is 0.265. The zero-order valence-corrected chi connectivity index (χ0v) is 17.5. The molecule has 0 radical (unpaired) electrons. The molecule has 4 aromatic rings. The van der Waals surface area contributed by atoms with E-state index in [-0.39, 0.29) is 0 Å². The van der Waals surface area contributed by atoms with Crippen LogP contribution in [0.1, 0.15) is 5.56 Å². The van der Waals surface area contributed by atoms with Gasteiger partial charge in [-0.3, -0.25) is 4.90 Å². The second-order valence-corrected chi connectivity index (χ2v) is 8.28. The Balaban J connectivity index is 1.71. The molecule has 1 N–H and O–H groups in total. The van der Waals surface area contributed by atoms with Crippen LogP contribution in [0.2, 0.25) is 0 Å². The summed E-state index contributed by atoms with van der Waals surface area (Å²) in [6.07, 6.45) is 0. The highest BCUT2D eigenvalue weighted by molar-refractivity contribution is 9.11. The molecule has 3 aromatic carbocycles. The van der Waals surface area contributed by atoms with Gasteiger partial charge in [-0.05, 0) is 47.2 Å². The van der Waals surface area contributed by atoms with Crippen molar-refractivity contribution in [2.24, 2.45) is 0 Å². The number of aromatic hydroxyl groups is 1.